The van der Waals surface area contributed by atoms with Gasteiger partial charge in [-0.15, -0.1) is 0 Å². The number of rotatable bonds is 3. The zero-order valence-corrected chi connectivity index (χ0v) is 11.6. The minimum atomic E-state index is -4.52. The molecule has 0 atom stereocenters. The maximum atomic E-state index is 12.8. The van der Waals surface area contributed by atoms with Crippen molar-refractivity contribution in [3.63, 3.8) is 0 Å². The minimum absolute atomic E-state index is 0.123. The number of fused-ring (bicyclic) bond motifs is 1. The molecule has 0 aliphatic carbocycles. The van der Waals surface area contributed by atoms with E-state index in [1.165, 1.54) is 6.33 Å². The monoisotopic (exact) mass is 307 g/mol. The lowest BCUT2D eigenvalue weighted by Crippen LogP contribution is -2.35. The second kappa shape index (κ2) is 5.28. The number of imidazole rings is 1. The Morgan fingerprint density at radius 1 is 1.09 bits per heavy atom. The first-order valence-electron chi connectivity index (χ1n) is 6.47. The molecule has 0 amide bonds. The summed E-state index contributed by atoms with van der Waals surface area (Å²) in [5, 5.41) is 0. The van der Waals surface area contributed by atoms with Gasteiger partial charge in [0.05, 0.1) is 12.9 Å². The van der Waals surface area contributed by atoms with Crippen LogP contribution in [0.2, 0.25) is 0 Å². The normalized spacial score (nSPS) is 11.8. The van der Waals surface area contributed by atoms with Crippen molar-refractivity contribution in [1.29, 1.82) is 0 Å². The zero-order chi connectivity index (χ0) is 15.7. The Hall–Kier alpha value is -2.64. The van der Waals surface area contributed by atoms with Crippen LogP contribution < -0.4 is 4.90 Å². The van der Waals surface area contributed by atoms with Crippen LogP contribution in [0.4, 0.5) is 19.0 Å². The van der Waals surface area contributed by atoms with Gasteiger partial charge in [-0.2, -0.15) is 13.2 Å². The molecule has 2 aromatic heterocycles. The molecular weight excluding hydrogens is 295 g/mol. The summed E-state index contributed by atoms with van der Waals surface area (Å²) in [6, 6.07) is 9.54. The van der Waals surface area contributed by atoms with Crippen molar-refractivity contribution in [3.8, 4) is 0 Å². The highest BCUT2D eigenvalue weighted by atomic mass is 19.4. The molecule has 0 saturated carbocycles. The molecule has 0 bridgehead atoms. The summed E-state index contributed by atoms with van der Waals surface area (Å²) in [5.74, 6) is -0.260. The van der Waals surface area contributed by atoms with E-state index >= 15 is 0 Å². The standard InChI is InChI=1S/C14H12F3N5/c1-21(14(15,16)17)12-11-13(19-8-18-12)22(9-20-11)7-10-5-3-2-4-6-10/h2-6,8-9H,7H2,1H3. The summed E-state index contributed by atoms with van der Waals surface area (Å²) in [4.78, 5) is 12.0. The molecular formula is C14H12F3N5. The molecule has 0 radical (unpaired) electrons. The maximum absolute atomic E-state index is 12.8. The Balaban J connectivity index is 2.02. The Bertz CT molecular complexity index is 782. The van der Waals surface area contributed by atoms with Gasteiger partial charge < -0.3 is 4.57 Å². The quantitative estimate of drug-likeness (QED) is 0.698. The Morgan fingerprint density at radius 2 is 1.82 bits per heavy atom. The van der Waals surface area contributed by atoms with Crippen molar-refractivity contribution in [2.24, 2.45) is 0 Å². The SMILES string of the molecule is CN(c1ncnc2c1ncn2Cc1ccccc1)C(F)(F)F. The van der Waals surface area contributed by atoms with Gasteiger partial charge in [0.25, 0.3) is 0 Å². The van der Waals surface area contributed by atoms with E-state index in [0.717, 1.165) is 18.9 Å². The van der Waals surface area contributed by atoms with E-state index < -0.39 is 6.30 Å². The highest BCUT2D eigenvalue weighted by molar-refractivity contribution is 5.83. The number of aromatic nitrogens is 4. The lowest BCUT2D eigenvalue weighted by Gasteiger charge is -2.20. The molecule has 0 unspecified atom stereocenters. The third-order valence-corrected chi connectivity index (χ3v) is 3.28. The number of alkyl halides is 3. The van der Waals surface area contributed by atoms with Gasteiger partial charge in [-0.1, -0.05) is 30.3 Å². The van der Waals surface area contributed by atoms with Gasteiger partial charge in [0.2, 0.25) is 0 Å². The van der Waals surface area contributed by atoms with Gasteiger partial charge in [-0.05, 0) is 5.56 Å². The van der Waals surface area contributed by atoms with Crippen LogP contribution in [-0.2, 0) is 6.54 Å². The molecule has 0 spiro atoms. The molecule has 3 rings (SSSR count). The van der Waals surface area contributed by atoms with Gasteiger partial charge >= 0.3 is 6.30 Å². The van der Waals surface area contributed by atoms with Crippen molar-refractivity contribution in [1.82, 2.24) is 19.5 Å². The highest BCUT2D eigenvalue weighted by Crippen LogP contribution is 2.29. The second-order valence-corrected chi connectivity index (χ2v) is 4.75. The predicted octanol–water partition coefficient (Wildman–Crippen LogP) is 2.83. The Kier molecular flexibility index (Phi) is 3.44. The molecule has 0 N–H and O–H groups in total. The average Bonchev–Trinajstić information content (AvgIpc) is 2.90. The summed E-state index contributed by atoms with van der Waals surface area (Å²) in [6.45, 7) is 0.476. The van der Waals surface area contributed by atoms with Crippen LogP contribution in [0.15, 0.2) is 43.0 Å². The van der Waals surface area contributed by atoms with Crippen LogP contribution in [0.25, 0.3) is 11.2 Å². The summed E-state index contributed by atoms with van der Waals surface area (Å²) in [7, 11) is 0.915. The second-order valence-electron chi connectivity index (χ2n) is 4.75. The van der Waals surface area contributed by atoms with Gasteiger partial charge in [-0.3, -0.25) is 4.90 Å². The molecule has 0 aliphatic heterocycles. The summed E-state index contributed by atoms with van der Waals surface area (Å²) in [5.41, 5.74) is 1.49. The number of anilines is 1. The van der Waals surface area contributed by atoms with E-state index in [4.69, 9.17) is 0 Å². The van der Waals surface area contributed by atoms with E-state index in [1.807, 2.05) is 30.3 Å². The lowest BCUT2D eigenvalue weighted by atomic mass is 10.2. The first kappa shape index (κ1) is 14.3. The van der Waals surface area contributed by atoms with Gasteiger partial charge in [0, 0.05) is 7.05 Å². The van der Waals surface area contributed by atoms with Crippen LogP contribution in [-0.4, -0.2) is 32.9 Å². The molecule has 0 aliphatic rings. The Labute approximate surface area is 124 Å². The maximum Gasteiger partial charge on any atom is 0.485 e. The average molecular weight is 307 g/mol. The zero-order valence-electron chi connectivity index (χ0n) is 11.6. The summed E-state index contributed by atoms with van der Waals surface area (Å²) >= 11 is 0. The molecule has 114 valence electrons. The van der Waals surface area contributed by atoms with Crippen LogP contribution in [0, 0.1) is 0 Å². The fourth-order valence-electron chi connectivity index (χ4n) is 2.13. The number of halogens is 3. The third kappa shape index (κ3) is 2.59. The molecule has 0 saturated heterocycles. The first-order valence-corrected chi connectivity index (χ1v) is 6.47. The molecule has 5 nitrogen and oxygen atoms in total. The molecule has 3 aromatic rings. The highest BCUT2D eigenvalue weighted by Gasteiger charge is 2.36. The molecule has 8 heteroatoms. The van der Waals surface area contributed by atoms with E-state index in [-0.39, 0.29) is 16.2 Å². The molecule has 1 aromatic carbocycles. The molecule has 22 heavy (non-hydrogen) atoms. The smallest absolute Gasteiger partial charge is 0.311 e. The van der Waals surface area contributed by atoms with Gasteiger partial charge in [0.15, 0.2) is 17.0 Å². The van der Waals surface area contributed by atoms with Crippen molar-refractivity contribution < 1.29 is 13.2 Å². The Morgan fingerprint density at radius 3 is 2.50 bits per heavy atom. The number of hydrogen-bond acceptors (Lipinski definition) is 4. The summed E-state index contributed by atoms with van der Waals surface area (Å²) < 4.78 is 40.2. The van der Waals surface area contributed by atoms with Crippen molar-refractivity contribution >= 4 is 17.0 Å². The van der Waals surface area contributed by atoms with E-state index in [0.29, 0.717) is 12.2 Å². The van der Waals surface area contributed by atoms with Crippen molar-refractivity contribution in [2.45, 2.75) is 12.8 Å². The van der Waals surface area contributed by atoms with Crippen molar-refractivity contribution in [2.75, 3.05) is 11.9 Å². The van der Waals surface area contributed by atoms with E-state index in [2.05, 4.69) is 15.0 Å². The molecule has 0 fully saturated rings. The van der Waals surface area contributed by atoms with Crippen LogP contribution >= 0.6 is 0 Å². The van der Waals surface area contributed by atoms with Crippen molar-refractivity contribution in [3.05, 3.63) is 48.5 Å². The number of nitrogens with zero attached hydrogens (tertiary/aromatic N) is 5. The van der Waals surface area contributed by atoms with Crippen LogP contribution in [0.5, 0.6) is 0 Å². The van der Waals surface area contributed by atoms with E-state index in [1.54, 1.807) is 4.57 Å². The van der Waals surface area contributed by atoms with Gasteiger partial charge in [-0.25, -0.2) is 15.0 Å². The largest absolute Gasteiger partial charge is 0.485 e. The third-order valence-electron chi connectivity index (χ3n) is 3.28. The minimum Gasteiger partial charge on any atom is -0.311 e. The van der Waals surface area contributed by atoms with Crippen LogP contribution in [0.1, 0.15) is 5.56 Å². The number of benzene rings is 1. The van der Waals surface area contributed by atoms with E-state index in [9.17, 15) is 13.2 Å². The fourth-order valence-corrected chi connectivity index (χ4v) is 2.13. The predicted molar refractivity (Wildman–Crippen MR) is 75.3 cm³/mol. The number of hydrogen-bond donors (Lipinski definition) is 0. The molecule has 2 heterocycles. The fraction of sp³-hybridized carbons (Fsp3) is 0.214. The summed E-state index contributed by atoms with van der Waals surface area (Å²) in [6.07, 6.45) is -1.94. The first-order chi connectivity index (χ1) is 10.5. The van der Waals surface area contributed by atoms with Crippen LogP contribution in [0.3, 0.4) is 0 Å². The van der Waals surface area contributed by atoms with Gasteiger partial charge in [0.1, 0.15) is 6.33 Å². The lowest BCUT2D eigenvalue weighted by molar-refractivity contribution is -0.125. The topological polar surface area (TPSA) is 46.8 Å².